The van der Waals surface area contributed by atoms with Gasteiger partial charge < -0.3 is 10.1 Å². The number of halogens is 1. The first-order valence-electron chi connectivity index (χ1n) is 5.77. The second-order valence-corrected chi connectivity index (χ2v) is 4.36. The molecule has 0 aliphatic carbocycles. The lowest BCUT2D eigenvalue weighted by atomic mass is 9.88. The highest BCUT2D eigenvalue weighted by Crippen LogP contribution is 2.20. The fourth-order valence-corrected chi connectivity index (χ4v) is 2.36. The zero-order valence-electron chi connectivity index (χ0n) is 9.58. The fraction of sp³-hybridized carbons (Fsp3) is 0.538. The summed E-state index contributed by atoms with van der Waals surface area (Å²) in [7, 11) is 1.75. The molecule has 0 aromatic heterocycles. The standard InChI is InChI=1S/C13H18FNO/c1-16-13-9-15-6-5-11(13)7-10-3-2-4-12(14)8-10/h2-4,8,11,13,15H,5-7,9H2,1H3/t11-,13-/m1/s1. The molecular weight excluding hydrogens is 205 g/mol. The summed E-state index contributed by atoms with van der Waals surface area (Å²) in [6, 6.07) is 6.86. The number of hydrogen-bond acceptors (Lipinski definition) is 2. The van der Waals surface area contributed by atoms with Gasteiger partial charge in [0.1, 0.15) is 5.82 Å². The molecule has 2 rings (SSSR count). The van der Waals surface area contributed by atoms with Crippen LogP contribution < -0.4 is 5.32 Å². The first kappa shape index (κ1) is 11.6. The molecule has 1 aliphatic heterocycles. The van der Waals surface area contributed by atoms with Crippen LogP contribution in [0.3, 0.4) is 0 Å². The average Bonchev–Trinajstić information content (AvgIpc) is 2.30. The van der Waals surface area contributed by atoms with Crippen molar-refractivity contribution in [3.05, 3.63) is 35.6 Å². The van der Waals surface area contributed by atoms with E-state index in [4.69, 9.17) is 4.74 Å². The first-order chi connectivity index (χ1) is 7.79. The lowest BCUT2D eigenvalue weighted by Crippen LogP contribution is -2.42. The van der Waals surface area contributed by atoms with Crippen LogP contribution in [-0.2, 0) is 11.2 Å². The molecule has 16 heavy (non-hydrogen) atoms. The van der Waals surface area contributed by atoms with Gasteiger partial charge in [-0.25, -0.2) is 4.39 Å². The molecule has 3 heteroatoms. The van der Waals surface area contributed by atoms with E-state index in [0.29, 0.717) is 5.92 Å². The third-order valence-corrected chi connectivity index (χ3v) is 3.25. The van der Waals surface area contributed by atoms with Crippen LogP contribution in [0.4, 0.5) is 4.39 Å². The SMILES string of the molecule is CO[C@@H]1CNCC[C@@H]1Cc1cccc(F)c1. The number of piperidine rings is 1. The van der Waals surface area contributed by atoms with Gasteiger partial charge in [-0.15, -0.1) is 0 Å². The van der Waals surface area contributed by atoms with Crippen LogP contribution >= 0.6 is 0 Å². The Hall–Kier alpha value is -0.930. The molecule has 0 amide bonds. The Bertz CT molecular complexity index is 342. The van der Waals surface area contributed by atoms with Crippen molar-refractivity contribution >= 4 is 0 Å². The van der Waals surface area contributed by atoms with Crippen LogP contribution in [0.25, 0.3) is 0 Å². The van der Waals surface area contributed by atoms with Crippen LogP contribution in [0, 0.1) is 11.7 Å². The Morgan fingerprint density at radius 1 is 1.50 bits per heavy atom. The van der Waals surface area contributed by atoms with Crippen molar-refractivity contribution in [2.24, 2.45) is 5.92 Å². The van der Waals surface area contributed by atoms with Gasteiger partial charge in [0.2, 0.25) is 0 Å². The molecule has 0 spiro atoms. The smallest absolute Gasteiger partial charge is 0.123 e. The van der Waals surface area contributed by atoms with E-state index in [2.05, 4.69) is 5.32 Å². The Labute approximate surface area is 95.8 Å². The largest absolute Gasteiger partial charge is 0.380 e. The van der Waals surface area contributed by atoms with E-state index in [-0.39, 0.29) is 11.9 Å². The molecule has 2 nitrogen and oxygen atoms in total. The summed E-state index contributed by atoms with van der Waals surface area (Å²) < 4.78 is 18.5. The maximum atomic E-state index is 13.1. The van der Waals surface area contributed by atoms with Gasteiger partial charge in [-0.2, -0.15) is 0 Å². The van der Waals surface area contributed by atoms with Crippen molar-refractivity contribution in [3.8, 4) is 0 Å². The summed E-state index contributed by atoms with van der Waals surface area (Å²) >= 11 is 0. The van der Waals surface area contributed by atoms with Crippen LogP contribution in [-0.4, -0.2) is 26.3 Å². The minimum Gasteiger partial charge on any atom is -0.380 e. The molecule has 0 saturated carbocycles. The molecule has 2 atom stereocenters. The van der Waals surface area contributed by atoms with Gasteiger partial charge in [0, 0.05) is 13.7 Å². The second-order valence-electron chi connectivity index (χ2n) is 4.36. The number of ether oxygens (including phenoxy) is 1. The highest BCUT2D eigenvalue weighted by Gasteiger charge is 2.24. The normalized spacial score (nSPS) is 25.6. The fourth-order valence-electron chi connectivity index (χ4n) is 2.36. The third-order valence-electron chi connectivity index (χ3n) is 3.25. The topological polar surface area (TPSA) is 21.3 Å². The zero-order chi connectivity index (χ0) is 11.4. The highest BCUT2D eigenvalue weighted by molar-refractivity contribution is 5.17. The minimum absolute atomic E-state index is 0.152. The van der Waals surface area contributed by atoms with Crippen LogP contribution in [0.15, 0.2) is 24.3 Å². The lowest BCUT2D eigenvalue weighted by molar-refractivity contribution is 0.0341. The predicted octanol–water partition coefficient (Wildman–Crippen LogP) is 1.99. The number of nitrogens with one attached hydrogen (secondary N) is 1. The summed E-state index contributed by atoms with van der Waals surface area (Å²) in [5.41, 5.74) is 1.06. The van der Waals surface area contributed by atoms with Gasteiger partial charge in [-0.3, -0.25) is 0 Å². The molecule has 1 saturated heterocycles. The van der Waals surface area contributed by atoms with Crippen molar-refractivity contribution < 1.29 is 9.13 Å². The van der Waals surface area contributed by atoms with E-state index >= 15 is 0 Å². The zero-order valence-corrected chi connectivity index (χ0v) is 9.58. The number of hydrogen-bond donors (Lipinski definition) is 1. The molecule has 1 N–H and O–H groups in total. The van der Waals surface area contributed by atoms with Crippen LogP contribution in [0.5, 0.6) is 0 Å². The number of rotatable bonds is 3. The molecule has 1 fully saturated rings. The molecule has 88 valence electrons. The average molecular weight is 223 g/mol. The maximum absolute atomic E-state index is 13.1. The molecular formula is C13H18FNO. The quantitative estimate of drug-likeness (QED) is 0.846. The monoisotopic (exact) mass is 223 g/mol. The number of methoxy groups -OCH3 is 1. The minimum atomic E-state index is -0.152. The second kappa shape index (κ2) is 5.41. The van der Waals surface area contributed by atoms with Crippen molar-refractivity contribution in [2.75, 3.05) is 20.2 Å². The molecule has 0 unspecified atom stereocenters. The molecule has 0 radical (unpaired) electrons. The Morgan fingerprint density at radius 2 is 2.38 bits per heavy atom. The van der Waals surface area contributed by atoms with E-state index in [1.165, 1.54) is 6.07 Å². The predicted molar refractivity (Wildman–Crippen MR) is 61.9 cm³/mol. The summed E-state index contributed by atoms with van der Waals surface area (Å²) in [6.07, 6.45) is 2.24. The van der Waals surface area contributed by atoms with Crippen molar-refractivity contribution in [1.29, 1.82) is 0 Å². The third kappa shape index (κ3) is 2.80. The maximum Gasteiger partial charge on any atom is 0.123 e. The Kier molecular flexibility index (Phi) is 3.91. The lowest BCUT2D eigenvalue weighted by Gasteiger charge is -2.31. The Balaban J connectivity index is 2.02. The van der Waals surface area contributed by atoms with Gasteiger partial charge in [-0.1, -0.05) is 12.1 Å². The Morgan fingerprint density at radius 3 is 3.12 bits per heavy atom. The van der Waals surface area contributed by atoms with Crippen molar-refractivity contribution in [2.45, 2.75) is 18.9 Å². The van der Waals surface area contributed by atoms with Gasteiger partial charge >= 0.3 is 0 Å². The summed E-state index contributed by atoms with van der Waals surface area (Å²) in [5, 5.41) is 3.31. The number of benzene rings is 1. The van der Waals surface area contributed by atoms with E-state index in [1.807, 2.05) is 6.07 Å². The van der Waals surface area contributed by atoms with E-state index < -0.39 is 0 Å². The molecule has 1 aromatic carbocycles. The first-order valence-corrected chi connectivity index (χ1v) is 5.77. The van der Waals surface area contributed by atoms with E-state index in [1.54, 1.807) is 19.2 Å². The van der Waals surface area contributed by atoms with Gasteiger partial charge in [0.15, 0.2) is 0 Å². The van der Waals surface area contributed by atoms with Gasteiger partial charge in [0.25, 0.3) is 0 Å². The molecule has 0 bridgehead atoms. The van der Waals surface area contributed by atoms with Crippen molar-refractivity contribution in [1.82, 2.24) is 5.32 Å². The van der Waals surface area contributed by atoms with Crippen molar-refractivity contribution in [3.63, 3.8) is 0 Å². The van der Waals surface area contributed by atoms with Gasteiger partial charge in [-0.05, 0) is 43.0 Å². The van der Waals surface area contributed by atoms with E-state index in [9.17, 15) is 4.39 Å². The summed E-state index contributed by atoms with van der Waals surface area (Å²) in [4.78, 5) is 0. The molecule has 1 aliphatic rings. The molecule has 1 heterocycles. The molecule has 1 aromatic rings. The van der Waals surface area contributed by atoms with Crippen LogP contribution in [0.1, 0.15) is 12.0 Å². The summed E-state index contributed by atoms with van der Waals surface area (Å²) in [5.74, 6) is 0.341. The van der Waals surface area contributed by atoms with Gasteiger partial charge in [0.05, 0.1) is 6.10 Å². The van der Waals surface area contributed by atoms with E-state index in [0.717, 1.165) is 31.5 Å². The van der Waals surface area contributed by atoms with Crippen LogP contribution in [0.2, 0.25) is 0 Å². The summed E-state index contributed by atoms with van der Waals surface area (Å²) in [6.45, 7) is 1.93. The highest BCUT2D eigenvalue weighted by atomic mass is 19.1.